The van der Waals surface area contributed by atoms with E-state index in [0.29, 0.717) is 12.3 Å². The summed E-state index contributed by atoms with van der Waals surface area (Å²) in [5, 5.41) is 19.0. The Morgan fingerprint density at radius 1 is 1.30 bits per heavy atom. The number of aliphatic hydroxyl groups is 1. The summed E-state index contributed by atoms with van der Waals surface area (Å²) in [5.74, 6) is 0.181. The Kier molecular flexibility index (Phi) is 5.24. The van der Waals surface area contributed by atoms with Gasteiger partial charge in [0, 0.05) is 6.54 Å². The summed E-state index contributed by atoms with van der Waals surface area (Å²) in [5.41, 5.74) is 0. The van der Waals surface area contributed by atoms with Gasteiger partial charge in [0.15, 0.2) is 18.1 Å². The van der Waals surface area contributed by atoms with Gasteiger partial charge in [0.2, 0.25) is 0 Å². The molecule has 1 aromatic carbocycles. The van der Waals surface area contributed by atoms with E-state index in [1.54, 1.807) is 23.1 Å². The minimum absolute atomic E-state index is 0.0116. The van der Waals surface area contributed by atoms with Gasteiger partial charge in [0.25, 0.3) is 5.91 Å². The van der Waals surface area contributed by atoms with Gasteiger partial charge in [-0.1, -0.05) is 25.0 Å². The van der Waals surface area contributed by atoms with Gasteiger partial charge in [-0.3, -0.25) is 4.79 Å². The first-order valence-electron chi connectivity index (χ1n) is 7.03. The van der Waals surface area contributed by atoms with Crippen molar-refractivity contribution in [2.75, 3.05) is 19.8 Å². The lowest BCUT2D eigenvalue weighted by atomic mass is 10.1. The van der Waals surface area contributed by atoms with Crippen LogP contribution in [0.5, 0.6) is 11.5 Å². The number of phenols is 1. The van der Waals surface area contributed by atoms with E-state index < -0.39 is 0 Å². The van der Waals surface area contributed by atoms with Crippen LogP contribution in [-0.4, -0.2) is 46.8 Å². The van der Waals surface area contributed by atoms with Gasteiger partial charge in [-0.25, -0.2) is 0 Å². The predicted molar refractivity (Wildman–Crippen MR) is 74.7 cm³/mol. The van der Waals surface area contributed by atoms with Gasteiger partial charge in [-0.05, 0) is 25.0 Å². The van der Waals surface area contributed by atoms with Gasteiger partial charge in [0.1, 0.15) is 0 Å². The van der Waals surface area contributed by atoms with E-state index in [-0.39, 0.29) is 30.9 Å². The third-order valence-corrected chi connectivity index (χ3v) is 3.62. The Hall–Kier alpha value is -1.75. The fourth-order valence-corrected chi connectivity index (χ4v) is 2.50. The van der Waals surface area contributed by atoms with Gasteiger partial charge >= 0.3 is 0 Å². The topological polar surface area (TPSA) is 70.0 Å². The average molecular weight is 279 g/mol. The Morgan fingerprint density at radius 3 is 2.85 bits per heavy atom. The second-order valence-corrected chi connectivity index (χ2v) is 5.03. The highest BCUT2D eigenvalue weighted by Gasteiger charge is 2.25. The minimum atomic E-state index is -0.144. The highest BCUT2D eigenvalue weighted by atomic mass is 16.5. The second-order valence-electron chi connectivity index (χ2n) is 5.03. The molecule has 2 N–H and O–H groups in total. The van der Waals surface area contributed by atoms with Crippen molar-refractivity contribution >= 4 is 5.91 Å². The van der Waals surface area contributed by atoms with Crippen LogP contribution in [0.25, 0.3) is 0 Å². The third kappa shape index (κ3) is 3.63. The quantitative estimate of drug-likeness (QED) is 0.877. The highest BCUT2D eigenvalue weighted by molar-refractivity contribution is 5.78. The van der Waals surface area contributed by atoms with Gasteiger partial charge in [-0.15, -0.1) is 0 Å². The maximum absolute atomic E-state index is 12.2. The number of benzene rings is 1. The summed E-state index contributed by atoms with van der Waals surface area (Å²) >= 11 is 0. The maximum atomic E-state index is 12.2. The van der Waals surface area contributed by atoms with E-state index in [1.165, 1.54) is 6.07 Å². The third-order valence-electron chi connectivity index (χ3n) is 3.62. The number of aliphatic hydroxyl groups excluding tert-OH is 1. The zero-order chi connectivity index (χ0) is 14.4. The van der Waals surface area contributed by atoms with Crippen molar-refractivity contribution < 1.29 is 19.7 Å². The highest BCUT2D eigenvalue weighted by Crippen LogP contribution is 2.24. The Labute approximate surface area is 118 Å². The fraction of sp³-hybridized carbons (Fsp3) is 0.533. The maximum Gasteiger partial charge on any atom is 0.260 e. The SMILES string of the molecule is O=C(COc1ccccc1O)N1CCCCCC1CO. The molecule has 1 aromatic rings. The van der Waals surface area contributed by atoms with E-state index in [2.05, 4.69) is 0 Å². The van der Waals surface area contributed by atoms with Gasteiger partial charge < -0.3 is 19.8 Å². The normalized spacial score (nSPS) is 19.4. The molecule has 0 aliphatic carbocycles. The van der Waals surface area contributed by atoms with Crippen LogP contribution in [-0.2, 0) is 4.79 Å². The van der Waals surface area contributed by atoms with E-state index >= 15 is 0 Å². The first kappa shape index (κ1) is 14.7. The average Bonchev–Trinajstić information content (AvgIpc) is 2.71. The summed E-state index contributed by atoms with van der Waals surface area (Å²) in [4.78, 5) is 13.9. The van der Waals surface area contributed by atoms with Crippen molar-refractivity contribution in [2.24, 2.45) is 0 Å². The molecule has 0 bridgehead atoms. The van der Waals surface area contributed by atoms with E-state index in [9.17, 15) is 15.0 Å². The monoisotopic (exact) mass is 279 g/mol. The number of ether oxygens (including phenoxy) is 1. The van der Waals surface area contributed by atoms with Gasteiger partial charge in [-0.2, -0.15) is 0 Å². The molecule has 0 spiro atoms. The van der Waals surface area contributed by atoms with Crippen molar-refractivity contribution in [2.45, 2.75) is 31.7 Å². The molecule has 20 heavy (non-hydrogen) atoms. The molecule has 1 amide bonds. The predicted octanol–water partition coefficient (Wildman–Crippen LogP) is 1.53. The van der Waals surface area contributed by atoms with Crippen LogP contribution >= 0.6 is 0 Å². The number of nitrogens with zero attached hydrogens (tertiary/aromatic N) is 1. The van der Waals surface area contributed by atoms with E-state index in [4.69, 9.17) is 4.74 Å². The van der Waals surface area contributed by atoms with Crippen molar-refractivity contribution in [3.63, 3.8) is 0 Å². The van der Waals surface area contributed by atoms with Crippen molar-refractivity contribution in [1.29, 1.82) is 0 Å². The number of carbonyl (C=O) groups excluding carboxylic acids is 1. The summed E-state index contributed by atoms with van der Waals surface area (Å²) in [6.45, 7) is 0.532. The van der Waals surface area contributed by atoms with Crippen LogP contribution in [0.15, 0.2) is 24.3 Å². The molecule has 5 nitrogen and oxygen atoms in total. The van der Waals surface area contributed by atoms with Crippen molar-refractivity contribution in [1.82, 2.24) is 4.90 Å². The molecule has 110 valence electrons. The molecule has 1 aliphatic rings. The minimum Gasteiger partial charge on any atom is -0.504 e. The molecular weight excluding hydrogens is 258 g/mol. The first-order chi connectivity index (χ1) is 9.72. The molecule has 0 aromatic heterocycles. The summed E-state index contributed by atoms with van der Waals surface area (Å²) in [6.07, 6.45) is 3.91. The lowest BCUT2D eigenvalue weighted by molar-refractivity contribution is -0.136. The number of phenolic OH excluding ortho intramolecular Hbond substituents is 1. The molecule has 1 aliphatic heterocycles. The number of hydrogen-bond donors (Lipinski definition) is 2. The van der Waals surface area contributed by atoms with Crippen LogP contribution in [0, 0.1) is 0 Å². The molecule has 0 saturated carbocycles. The zero-order valence-electron chi connectivity index (χ0n) is 11.5. The molecule has 0 radical (unpaired) electrons. The van der Waals surface area contributed by atoms with Crippen LogP contribution in [0.3, 0.4) is 0 Å². The second kappa shape index (κ2) is 7.14. The van der Waals surface area contributed by atoms with E-state index in [0.717, 1.165) is 25.7 Å². The lowest BCUT2D eigenvalue weighted by Crippen LogP contribution is -2.44. The Bertz CT molecular complexity index is 449. The van der Waals surface area contributed by atoms with Crippen LogP contribution in [0.2, 0.25) is 0 Å². The zero-order valence-corrected chi connectivity index (χ0v) is 11.5. The largest absolute Gasteiger partial charge is 0.504 e. The molecule has 1 unspecified atom stereocenters. The van der Waals surface area contributed by atoms with Crippen LogP contribution in [0.1, 0.15) is 25.7 Å². The number of hydrogen-bond acceptors (Lipinski definition) is 4. The first-order valence-corrected chi connectivity index (χ1v) is 7.03. The number of rotatable bonds is 4. The summed E-state index contributed by atoms with van der Waals surface area (Å²) in [6, 6.07) is 6.46. The van der Waals surface area contributed by atoms with Crippen molar-refractivity contribution in [3.05, 3.63) is 24.3 Å². The van der Waals surface area contributed by atoms with Gasteiger partial charge in [0.05, 0.1) is 12.6 Å². The number of para-hydroxylation sites is 2. The molecule has 2 rings (SSSR count). The summed E-state index contributed by atoms with van der Waals surface area (Å²) < 4.78 is 5.36. The molecule has 1 atom stereocenters. The van der Waals surface area contributed by atoms with Crippen LogP contribution < -0.4 is 4.74 Å². The lowest BCUT2D eigenvalue weighted by Gasteiger charge is -2.28. The van der Waals surface area contributed by atoms with Crippen molar-refractivity contribution in [3.8, 4) is 11.5 Å². The molecule has 5 heteroatoms. The molecule has 1 heterocycles. The smallest absolute Gasteiger partial charge is 0.260 e. The number of aromatic hydroxyl groups is 1. The Balaban J connectivity index is 1.94. The number of carbonyl (C=O) groups is 1. The Morgan fingerprint density at radius 2 is 2.10 bits per heavy atom. The van der Waals surface area contributed by atoms with E-state index in [1.807, 2.05) is 0 Å². The fourth-order valence-electron chi connectivity index (χ4n) is 2.50. The standard InChI is InChI=1S/C15H21NO4/c17-10-12-6-2-1-5-9-16(12)15(19)11-20-14-8-4-3-7-13(14)18/h3-4,7-8,12,17-18H,1-2,5-6,9-11H2. The molecular formula is C15H21NO4. The number of likely N-dealkylation sites (tertiary alicyclic amines) is 1. The number of amides is 1. The summed E-state index contributed by atoms with van der Waals surface area (Å²) in [7, 11) is 0. The molecule has 1 saturated heterocycles. The molecule has 1 fully saturated rings. The van der Waals surface area contributed by atoms with Crippen LogP contribution in [0.4, 0.5) is 0 Å².